The molecular formula is C42H53ClN8O7S2. The quantitative estimate of drug-likeness (QED) is 0.0200. The minimum Gasteiger partial charge on any atom is -0.453 e. The number of hydrogen-bond acceptors (Lipinski definition) is 11. The van der Waals surface area contributed by atoms with Crippen LogP contribution in [0.4, 0.5) is 4.79 Å². The monoisotopic (exact) mass is 880 g/mol. The lowest BCUT2D eigenvalue weighted by Crippen LogP contribution is -2.51. The van der Waals surface area contributed by atoms with Gasteiger partial charge < -0.3 is 34.7 Å². The number of halogens is 1. The van der Waals surface area contributed by atoms with Crippen molar-refractivity contribution in [1.29, 1.82) is 5.41 Å². The van der Waals surface area contributed by atoms with Gasteiger partial charge in [-0.2, -0.15) is 17.5 Å². The first-order chi connectivity index (χ1) is 28.7. The number of carbonyl (C=O) groups is 3. The van der Waals surface area contributed by atoms with Crippen LogP contribution >= 0.6 is 24.2 Å². The number of H-pyrrole nitrogens is 2. The Morgan fingerprint density at radius 2 is 1.55 bits per heavy atom. The predicted octanol–water partition coefficient (Wildman–Crippen LogP) is 6.84. The summed E-state index contributed by atoms with van der Waals surface area (Å²) in [5, 5.41) is 9.87. The highest BCUT2D eigenvalue weighted by Gasteiger charge is 2.43. The molecule has 7 atom stereocenters. The summed E-state index contributed by atoms with van der Waals surface area (Å²) < 4.78 is 17.4. The van der Waals surface area contributed by atoms with Crippen LogP contribution in [0.2, 0.25) is 5.15 Å². The number of likely N-dealkylation sites (tertiary alicyclic amines) is 2. The number of carbonyl (C=O) groups excluding carboxylic acids is 3. The van der Waals surface area contributed by atoms with Gasteiger partial charge in [-0.25, -0.2) is 14.8 Å². The van der Waals surface area contributed by atoms with Gasteiger partial charge in [-0.1, -0.05) is 87.8 Å². The maximum Gasteiger partial charge on any atom is 0.407 e. The Labute approximate surface area is 363 Å². The largest absolute Gasteiger partial charge is 0.453 e. The van der Waals surface area contributed by atoms with E-state index in [-0.39, 0.29) is 54.0 Å². The third-order valence-corrected chi connectivity index (χ3v) is 13.5. The highest BCUT2D eigenvalue weighted by atomic mass is 35.5. The molecule has 2 aliphatic heterocycles. The molecule has 0 spiro atoms. The van der Waals surface area contributed by atoms with Gasteiger partial charge in [-0.15, -0.1) is 0 Å². The molecule has 2 aliphatic rings. The van der Waals surface area contributed by atoms with Gasteiger partial charge >= 0.3 is 6.09 Å². The molecule has 18 heteroatoms. The summed E-state index contributed by atoms with van der Waals surface area (Å²) >= 11 is 11.3. The molecule has 0 aliphatic carbocycles. The number of alkyl carbamates (subject to hydrolysis) is 1. The number of methoxy groups -OCH3 is 1. The molecule has 6 rings (SSSR count). The summed E-state index contributed by atoms with van der Waals surface area (Å²) in [5.41, 5.74) is 5.05. The SMILES string of the molecule is COC(=O)N[C@H](C(=O)N1C[C@@H](S(C)=O)C[C@H]1c1ncc(-c2ccc(-c3ccc(-c4nc(C5C[C@H](CS)CN5C(=O)[C@@H](COOC=N)C(C)C)[nH]c4Cl)cc3)cc2)[nH]1)C(C)C. The number of nitrogens with zero attached hydrogens (tertiary/aromatic N) is 4. The molecule has 2 unspecified atom stereocenters. The fourth-order valence-corrected chi connectivity index (χ4v) is 9.26. The van der Waals surface area contributed by atoms with Crippen LogP contribution in [0.25, 0.3) is 33.6 Å². The minimum atomic E-state index is -1.17. The van der Waals surface area contributed by atoms with Crippen molar-refractivity contribution < 1.29 is 33.1 Å². The third-order valence-electron chi connectivity index (χ3n) is 11.4. The van der Waals surface area contributed by atoms with Gasteiger partial charge in [0.1, 0.15) is 35.1 Å². The van der Waals surface area contributed by atoms with Crippen LogP contribution in [0.3, 0.4) is 0 Å². The van der Waals surface area contributed by atoms with E-state index in [4.69, 9.17) is 31.6 Å². The third kappa shape index (κ3) is 9.90. The molecule has 2 saturated heterocycles. The molecule has 0 bridgehead atoms. The number of aromatic nitrogens is 4. The number of aromatic amines is 2. The summed E-state index contributed by atoms with van der Waals surface area (Å²) in [7, 11) is 0.0868. The standard InChI is InChI=1S/C42H53ClN8O7S2/c1-23(2)31(20-57-58-22-44)40(52)50-18-25(21-59)15-33(50)39-47-36(37(43)49-39)29-13-9-27(10-14-29)26-7-11-28(12-8-26)32-17-45-38(46-32)34-16-30(60(6)55)19-51(34)41(53)35(24(3)4)48-42(54)56-5/h7-14,17,22-25,30-31,33-35,44,59H,15-16,18-21H2,1-6H3,(H,45,46)(H,47,49)(H,48,54)/t25-,30-,31-,33?,34-,35-,60?/m0/s1. The molecule has 15 nitrogen and oxygen atoms in total. The Kier molecular flexibility index (Phi) is 14.8. The molecule has 322 valence electrons. The van der Waals surface area contributed by atoms with E-state index in [1.807, 2.05) is 81.1 Å². The van der Waals surface area contributed by atoms with Crippen LogP contribution in [-0.4, -0.2) is 108 Å². The van der Waals surface area contributed by atoms with Gasteiger partial charge in [-0.3, -0.25) is 19.2 Å². The average Bonchev–Trinajstić information content (AvgIpc) is 4.06. The second-order valence-electron chi connectivity index (χ2n) is 16.0. The van der Waals surface area contributed by atoms with Crippen molar-refractivity contribution in [3.05, 3.63) is 71.5 Å². The van der Waals surface area contributed by atoms with E-state index >= 15 is 0 Å². The number of nitrogens with one attached hydrogen (secondary N) is 4. The molecule has 0 radical (unpaired) electrons. The highest BCUT2D eigenvalue weighted by Crippen LogP contribution is 2.40. The Balaban J connectivity index is 1.16. The maximum absolute atomic E-state index is 13.8. The molecule has 2 aromatic heterocycles. The predicted molar refractivity (Wildman–Crippen MR) is 234 cm³/mol. The van der Waals surface area contributed by atoms with Crippen LogP contribution in [0.1, 0.15) is 64.3 Å². The second-order valence-corrected chi connectivity index (χ2v) is 18.4. The van der Waals surface area contributed by atoms with Gasteiger partial charge in [0.25, 0.3) is 0 Å². The summed E-state index contributed by atoms with van der Waals surface area (Å²) in [6.07, 6.45) is 4.53. The Bertz CT molecular complexity index is 2160. The summed E-state index contributed by atoms with van der Waals surface area (Å²) in [5.74, 6) is 0.937. The van der Waals surface area contributed by atoms with Crippen molar-refractivity contribution in [3.8, 4) is 33.6 Å². The Morgan fingerprint density at radius 1 is 0.933 bits per heavy atom. The number of ether oxygens (including phenoxy) is 1. The zero-order chi connectivity index (χ0) is 43.2. The minimum absolute atomic E-state index is 0.0236. The van der Waals surface area contributed by atoms with Crippen molar-refractivity contribution in [2.45, 2.75) is 63.9 Å². The van der Waals surface area contributed by atoms with Crippen molar-refractivity contribution >= 4 is 59.3 Å². The van der Waals surface area contributed by atoms with Crippen LogP contribution in [-0.2, 0) is 34.9 Å². The number of hydrogen-bond donors (Lipinski definition) is 5. The molecular weight excluding hydrogens is 828 g/mol. The van der Waals surface area contributed by atoms with Crippen molar-refractivity contribution in [2.24, 2.45) is 23.7 Å². The van der Waals surface area contributed by atoms with Gasteiger partial charge in [0.05, 0.1) is 42.3 Å². The first-order valence-corrected chi connectivity index (χ1v) is 22.5. The van der Waals surface area contributed by atoms with E-state index in [1.54, 1.807) is 17.4 Å². The number of amides is 3. The van der Waals surface area contributed by atoms with Crippen LogP contribution in [0, 0.1) is 29.1 Å². The topological polar surface area (TPSA) is 196 Å². The normalized spacial score (nSPS) is 20.6. The van der Waals surface area contributed by atoms with Crippen molar-refractivity contribution in [1.82, 2.24) is 35.1 Å². The van der Waals surface area contributed by atoms with Crippen LogP contribution in [0.5, 0.6) is 0 Å². The van der Waals surface area contributed by atoms with E-state index in [0.717, 1.165) is 27.9 Å². The first-order valence-electron chi connectivity index (χ1n) is 19.9. The van der Waals surface area contributed by atoms with Gasteiger partial charge in [0.2, 0.25) is 18.2 Å². The average molecular weight is 882 g/mol. The summed E-state index contributed by atoms with van der Waals surface area (Å²) in [4.78, 5) is 69.2. The zero-order valence-electron chi connectivity index (χ0n) is 34.5. The smallest absolute Gasteiger partial charge is 0.407 e. The van der Waals surface area contributed by atoms with E-state index in [9.17, 15) is 18.6 Å². The molecule has 4 aromatic rings. The number of rotatable bonds is 16. The van der Waals surface area contributed by atoms with Crippen LogP contribution < -0.4 is 5.32 Å². The first kappa shape index (κ1) is 44.8. The Hall–Kier alpha value is -4.71. The van der Waals surface area contributed by atoms with Gasteiger partial charge in [0, 0.05) is 35.7 Å². The van der Waals surface area contributed by atoms with Crippen molar-refractivity contribution in [2.75, 3.05) is 38.8 Å². The molecule has 60 heavy (non-hydrogen) atoms. The molecule has 2 aromatic carbocycles. The second kappa shape index (κ2) is 19.8. The lowest BCUT2D eigenvalue weighted by molar-refractivity contribution is -0.229. The van der Waals surface area contributed by atoms with Crippen molar-refractivity contribution in [3.63, 3.8) is 0 Å². The number of imidazole rings is 2. The van der Waals surface area contributed by atoms with E-state index in [0.29, 0.717) is 54.0 Å². The Morgan fingerprint density at radius 3 is 2.13 bits per heavy atom. The maximum atomic E-state index is 13.8. The van der Waals surface area contributed by atoms with Gasteiger partial charge in [0.15, 0.2) is 0 Å². The summed E-state index contributed by atoms with van der Waals surface area (Å²) in [6.45, 7) is 8.44. The van der Waals surface area contributed by atoms with Crippen LogP contribution in [0.15, 0.2) is 54.7 Å². The molecule has 0 saturated carbocycles. The molecule has 3 amide bonds. The molecule has 4 N–H and O–H groups in total. The van der Waals surface area contributed by atoms with E-state index in [1.165, 1.54) is 7.11 Å². The fourth-order valence-electron chi connectivity index (χ4n) is 7.92. The molecule has 2 fully saturated rings. The highest BCUT2D eigenvalue weighted by molar-refractivity contribution is 7.84. The molecule has 4 heterocycles. The fraction of sp³-hybridized carbons (Fsp3) is 0.476. The number of benzene rings is 2. The van der Waals surface area contributed by atoms with Gasteiger partial charge in [-0.05, 0) is 53.0 Å². The lowest BCUT2D eigenvalue weighted by Gasteiger charge is -2.30. The lowest BCUT2D eigenvalue weighted by atomic mass is 9.95. The van der Waals surface area contributed by atoms with E-state index in [2.05, 4.69) is 37.8 Å². The summed E-state index contributed by atoms with van der Waals surface area (Å²) in [6, 6.07) is 14.4. The van der Waals surface area contributed by atoms with E-state index < -0.39 is 34.9 Å². The zero-order valence-corrected chi connectivity index (χ0v) is 37.0. The number of thiol groups is 1.